The van der Waals surface area contributed by atoms with Crippen molar-refractivity contribution in [1.29, 1.82) is 0 Å². The van der Waals surface area contributed by atoms with Gasteiger partial charge < -0.3 is 4.42 Å². The van der Waals surface area contributed by atoms with Gasteiger partial charge in [-0.15, -0.1) is 0 Å². The molecule has 5 rings (SSSR count). The molecule has 0 radical (unpaired) electrons. The fourth-order valence-corrected chi connectivity index (χ4v) is 4.52. The Kier molecular flexibility index (Phi) is 5.24. The van der Waals surface area contributed by atoms with E-state index in [1.807, 2.05) is 24.7 Å². The summed E-state index contributed by atoms with van der Waals surface area (Å²) in [6.45, 7) is 11.2. The van der Waals surface area contributed by atoms with Crippen molar-refractivity contribution in [3.63, 3.8) is 0 Å². The summed E-state index contributed by atoms with van der Waals surface area (Å²) in [5.41, 5.74) is 7.03. The Labute approximate surface area is 194 Å². The molecule has 0 aliphatic heterocycles. The average molecular weight is 436 g/mol. The van der Waals surface area contributed by atoms with Gasteiger partial charge in [0, 0.05) is 28.9 Å². The van der Waals surface area contributed by atoms with Gasteiger partial charge in [-0.25, -0.2) is 9.97 Å². The van der Waals surface area contributed by atoms with Crippen molar-refractivity contribution >= 4 is 21.7 Å². The second kappa shape index (κ2) is 8.11. The van der Waals surface area contributed by atoms with Gasteiger partial charge in [-0.05, 0) is 52.3 Å². The van der Waals surface area contributed by atoms with Crippen LogP contribution in [0.4, 0.5) is 0 Å². The van der Waals surface area contributed by atoms with Crippen LogP contribution in [0.15, 0.2) is 71.9 Å². The molecule has 0 atom stereocenters. The SMILES string of the molecule is CC(C)Cc1coc2c(-c3cc(-c4cc(C(C)(C)C)c5ccccc5c4)ncn3)cncc12. The lowest BCUT2D eigenvalue weighted by atomic mass is 9.82. The zero-order valence-corrected chi connectivity index (χ0v) is 19.9. The molecule has 33 heavy (non-hydrogen) atoms. The maximum atomic E-state index is 6.00. The molecule has 0 spiro atoms. The lowest BCUT2D eigenvalue weighted by Crippen LogP contribution is -2.12. The normalized spacial score (nSPS) is 12.2. The molecular formula is C29H29N3O. The van der Waals surface area contributed by atoms with E-state index in [4.69, 9.17) is 4.42 Å². The van der Waals surface area contributed by atoms with Gasteiger partial charge in [0.25, 0.3) is 0 Å². The van der Waals surface area contributed by atoms with E-state index in [-0.39, 0.29) is 5.41 Å². The molecule has 0 saturated carbocycles. The molecule has 3 heterocycles. The number of fused-ring (bicyclic) bond motifs is 2. The molecule has 5 aromatic rings. The van der Waals surface area contributed by atoms with Gasteiger partial charge in [0.1, 0.15) is 11.9 Å². The summed E-state index contributed by atoms with van der Waals surface area (Å²) in [5.74, 6) is 0.546. The van der Waals surface area contributed by atoms with Crippen LogP contribution in [0.25, 0.3) is 44.3 Å². The minimum Gasteiger partial charge on any atom is -0.463 e. The summed E-state index contributed by atoms with van der Waals surface area (Å²) in [7, 11) is 0. The van der Waals surface area contributed by atoms with Gasteiger partial charge in [-0.1, -0.05) is 58.9 Å². The first-order valence-electron chi connectivity index (χ1n) is 11.5. The number of rotatable bonds is 4. The van der Waals surface area contributed by atoms with Crippen molar-refractivity contribution in [3.8, 4) is 22.5 Å². The minimum absolute atomic E-state index is 0.0158. The van der Waals surface area contributed by atoms with E-state index in [0.717, 1.165) is 39.9 Å². The van der Waals surface area contributed by atoms with Crippen molar-refractivity contribution in [1.82, 2.24) is 15.0 Å². The molecule has 0 saturated heterocycles. The summed E-state index contributed by atoms with van der Waals surface area (Å²) in [5, 5.41) is 3.56. The Morgan fingerprint density at radius 1 is 0.909 bits per heavy atom. The molecule has 0 N–H and O–H groups in total. The molecule has 4 heteroatoms. The number of nitrogens with zero attached hydrogens (tertiary/aromatic N) is 3. The van der Waals surface area contributed by atoms with Crippen LogP contribution >= 0.6 is 0 Å². The largest absolute Gasteiger partial charge is 0.463 e. The molecule has 0 amide bonds. The summed E-state index contributed by atoms with van der Waals surface area (Å²) >= 11 is 0. The number of hydrogen-bond acceptors (Lipinski definition) is 4. The van der Waals surface area contributed by atoms with Crippen LogP contribution < -0.4 is 0 Å². The monoisotopic (exact) mass is 435 g/mol. The highest BCUT2D eigenvalue weighted by Crippen LogP contribution is 2.36. The lowest BCUT2D eigenvalue weighted by Gasteiger charge is -2.22. The van der Waals surface area contributed by atoms with Crippen molar-refractivity contribution in [2.45, 2.75) is 46.5 Å². The fraction of sp³-hybridized carbons (Fsp3) is 0.276. The molecule has 0 fully saturated rings. The highest BCUT2D eigenvalue weighted by atomic mass is 16.3. The second-order valence-electron chi connectivity index (χ2n) is 10.2. The Bertz CT molecular complexity index is 1460. The van der Waals surface area contributed by atoms with Gasteiger partial charge in [-0.3, -0.25) is 4.98 Å². The number of pyridine rings is 1. The van der Waals surface area contributed by atoms with Crippen LogP contribution in [0.1, 0.15) is 45.7 Å². The smallest absolute Gasteiger partial charge is 0.146 e. The first-order valence-corrected chi connectivity index (χ1v) is 11.5. The average Bonchev–Trinajstić information content (AvgIpc) is 3.20. The zero-order valence-electron chi connectivity index (χ0n) is 19.9. The fourth-order valence-electron chi connectivity index (χ4n) is 4.52. The Morgan fingerprint density at radius 2 is 1.70 bits per heavy atom. The van der Waals surface area contributed by atoms with Crippen LogP contribution in [0.2, 0.25) is 0 Å². The number of aromatic nitrogens is 3. The van der Waals surface area contributed by atoms with E-state index in [1.165, 1.54) is 21.9 Å². The van der Waals surface area contributed by atoms with E-state index in [1.54, 1.807) is 6.33 Å². The van der Waals surface area contributed by atoms with Gasteiger partial charge in [0.2, 0.25) is 0 Å². The Hall–Kier alpha value is -3.53. The lowest BCUT2D eigenvalue weighted by molar-refractivity contribution is 0.594. The Balaban J connectivity index is 1.64. The highest BCUT2D eigenvalue weighted by molar-refractivity contribution is 5.94. The maximum absolute atomic E-state index is 6.00. The summed E-state index contributed by atoms with van der Waals surface area (Å²) in [6.07, 6.45) is 8.17. The minimum atomic E-state index is 0.0158. The topological polar surface area (TPSA) is 51.8 Å². The molecule has 0 aliphatic rings. The molecule has 166 valence electrons. The van der Waals surface area contributed by atoms with E-state index in [9.17, 15) is 0 Å². The van der Waals surface area contributed by atoms with Crippen LogP contribution in [-0.4, -0.2) is 15.0 Å². The summed E-state index contributed by atoms with van der Waals surface area (Å²) < 4.78 is 6.00. The predicted molar refractivity (Wildman–Crippen MR) is 135 cm³/mol. The zero-order chi connectivity index (χ0) is 23.2. The van der Waals surface area contributed by atoms with Crippen LogP contribution in [0, 0.1) is 5.92 Å². The van der Waals surface area contributed by atoms with Crippen molar-refractivity contribution in [3.05, 3.63) is 78.6 Å². The van der Waals surface area contributed by atoms with Gasteiger partial charge >= 0.3 is 0 Å². The molecular weight excluding hydrogens is 406 g/mol. The molecule has 0 bridgehead atoms. The maximum Gasteiger partial charge on any atom is 0.146 e. The number of hydrogen-bond donors (Lipinski definition) is 0. The van der Waals surface area contributed by atoms with E-state index >= 15 is 0 Å². The molecule has 3 aromatic heterocycles. The third kappa shape index (κ3) is 4.02. The number of benzene rings is 2. The van der Waals surface area contributed by atoms with E-state index < -0.39 is 0 Å². The van der Waals surface area contributed by atoms with Crippen molar-refractivity contribution in [2.24, 2.45) is 5.92 Å². The summed E-state index contributed by atoms with van der Waals surface area (Å²) in [4.78, 5) is 13.7. The third-order valence-corrected chi connectivity index (χ3v) is 6.10. The third-order valence-electron chi connectivity index (χ3n) is 6.10. The standard InChI is InChI=1S/C29H29N3O/c1-18(2)10-21-16-33-28-23(21)14-30-15-24(28)27-13-26(31-17-32-27)20-11-19-8-6-7-9-22(19)25(12-20)29(3,4)5/h6-9,11-18H,10H2,1-5H3. The highest BCUT2D eigenvalue weighted by Gasteiger charge is 2.19. The quantitative estimate of drug-likeness (QED) is 0.292. The molecule has 2 aromatic carbocycles. The van der Waals surface area contributed by atoms with Crippen molar-refractivity contribution in [2.75, 3.05) is 0 Å². The van der Waals surface area contributed by atoms with E-state index in [0.29, 0.717) is 5.92 Å². The Morgan fingerprint density at radius 3 is 2.48 bits per heavy atom. The van der Waals surface area contributed by atoms with Crippen LogP contribution in [0.3, 0.4) is 0 Å². The van der Waals surface area contributed by atoms with Gasteiger partial charge in [-0.2, -0.15) is 0 Å². The second-order valence-corrected chi connectivity index (χ2v) is 10.2. The molecule has 0 aliphatic carbocycles. The van der Waals surface area contributed by atoms with E-state index in [2.05, 4.69) is 86.0 Å². The first-order chi connectivity index (χ1) is 15.8. The van der Waals surface area contributed by atoms with Crippen LogP contribution in [0.5, 0.6) is 0 Å². The van der Waals surface area contributed by atoms with Crippen molar-refractivity contribution < 1.29 is 4.42 Å². The molecule has 0 unspecified atom stereocenters. The van der Waals surface area contributed by atoms with Crippen LogP contribution in [-0.2, 0) is 11.8 Å². The predicted octanol–water partition coefficient (Wildman–Crippen LogP) is 7.60. The number of furan rings is 1. The van der Waals surface area contributed by atoms with Gasteiger partial charge in [0.15, 0.2) is 0 Å². The summed E-state index contributed by atoms with van der Waals surface area (Å²) in [6, 6.07) is 15.1. The first kappa shape index (κ1) is 21.3. The van der Waals surface area contributed by atoms with Gasteiger partial charge in [0.05, 0.1) is 23.2 Å². The molecule has 4 nitrogen and oxygen atoms in total.